The smallest absolute Gasteiger partial charge is 0.291 e. The third-order valence-corrected chi connectivity index (χ3v) is 3.31. The number of amides is 1. The first kappa shape index (κ1) is 16.4. The molecule has 1 aromatic heterocycles. The normalized spacial score (nSPS) is 10.3. The predicted octanol–water partition coefficient (Wildman–Crippen LogP) is 2.97. The Morgan fingerprint density at radius 1 is 1.35 bits per heavy atom. The molecule has 1 heterocycles. The summed E-state index contributed by atoms with van der Waals surface area (Å²) in [7, 11) is 0. The van der Waals surface area contributed by atoms with Crippen LogP contribution in [0.1, 0.15) is 24.0 Å². The van der Waals surface area contributed by atoms with Gasteiger partial charge in [-0.3, -0.25) is 14.9 Å². The van der Waals surface area contributed by atoms with Crippen molar-refractivity contribution < 1.29 is 14.8 Å². The number of carbonyl (C=O) groups excluding carboxylic acids is 1. The molecule has 1 aromatic carbocycles. The highest BCUT2D eigenvalue weighted by atomic mass is 16.6. The van der Waals surface area contributed by atoms with Crippen LogP contribution in [0.15, 0.2) is 36.5 Å². The van der Waals surface area contributed by atoms with Crippen molar-refractivity contribution in [3.8, 4) is 5.75 Å². The van der Waals surface area contributed by atoms with Crippen molar-refractivity contribution in [1.29, 1.82) is 0 Å². The van der Waals surface area contributed by atoms with Gasteiger partial charge in [-0.25, -0.2) is 4.98 Å². The topological polar surface area (TPSA) is 105 Å². The molecule has 0 fully saturated rings. The van der Waals surface area contributed by atoms with Gasteiger partial charge in [-0.1, -0.05) is 29.8 Å². The monoisotopic (exact) mass is 315 g/mol. The molecule has 0 aliphatic carbocycles. The molecule has 0 unspecified atom stereocenters. The van der Waals surface area contributed by atoms with Crippen LogP contribution in [0.2, 0.25) is 0 Å². The van der Waals surface area contributed by atoms with Crippen molar-refractivity contribution in [1.82, 2.24) is 4.98 Å². The Balaban J connectivity index is 1.85. The number of rotatable bonds is 6. The molecule has 1 amide bonds. The largest absolute Gasteiger partial charge is 0.504 e. The minimum absolute atomic E-state index is 0.0732. The number of nitrogens with zero attached hydrogens (tertiary/aromatic N) is 2. The maximum Gasteiger partial charge on any atom is 0.291 e. The average molecular weight is 315 g/mol. The number of carbonyl (C=O) groups is 1. The number of benzene rings is 1. The first-order valence-electron chi connectivity index (χ1n) is 7.14. The van der Waals surface area contributed by atoms with Gasteiger partial charge < -0.3 is 10.4 Å². The van der Waals surface area contributed by atoms with Crippen molar-refractivity contribution in [2.75, 3.05) is 5.32 Å². The van der Waals surface area contributed by atoms with Crippen molar-refractivity contribution in [3.05, 3.63) is 57.8 Å². The highest BCUT2D eigenvalue weighted by Crippen LogP contribution is 2.25. The fourth-order valence-corrected chi connectivity index (χ4v) is 2.04. The summed E-state index contributed by atoms with van der Waals surface area (Å²) < 4.78 is 0. The van der Waals surface area contributed by atoms with E-state index in [0.29, 0.717) is 6.42 Å². The molecule has 0 aliphatic heterocycles. The molecule has 0 saturated carbocycles. The molecular formula is C16H17N3O4. The fourth-order valence-electron chi connectivity index (χ4n) is 2.04. The zero-order valence-corrected chi connectivity index (χ0v) is 12.7. The Morgan fingerprint density at radius 3 is 2.65 bits per heavy atom. The lowest BCUT2D eigenvalue weighted by Gasteiger charge is -2.06. The van der Waals surface area contributed by atoms with E-state index < -0.39 is 10.7 Å². The number of anilines is 1. The SMILES string of the molecule is Cc1ccc(CCCC(=O)Nc2ncc([N+](=O)[O-])cc2O)cc1. The van der Waals surface area contributed by atoms with Gasteiger partial charge >= 0.3 is 0 Å². The van der Waals surface area contributed by atoms with Crippen LogP contribution in [0.4, 0.5) is 11.5 Å². The number of hydrogen-bond donors (Lipinski definition) is 2. The molecule has 120 valence electrons. The van der Waals surface area contributed by atoms with Gasteiger partial charge in [-0.05, 0) is 25.3 Å². The molecular weight excluding hydrogens is 298 g/mol. The summed E-state index contributed by atoms with van der Waals surface area (Å²) in [6.45, 7) is 2.01. The first-order valence-corrected chi connectivity index (χ1v) is 7.14. The second-order valence-corrected chi connectivity index (χ2v) is 5.21. The molecule has 7 heteroatoms. The quantitative estimate of drug-likeness (QED) is 0.629. The lowest BCUT2D eigenvalue weighted by atomic mass is 10.1. The Hall–Kier alpha value is -2.96. The summed E-state index contributed by atoms with van der Waals surface area (Å²) >= 11 is 0. The van der Waals surface area contributed by atoms with Crippen LogP contribution < -0.4 is 5.32 Å². The van der Waals surface area contributed by atoms with Gasteiger partial charge in [0.15, 0.2) is 11.6 Å². The molecule has 0 bridgehead atoms. The minimum Gasteiger partial charge on any atom is -0.504 e. The number of aromatic hydroxyl groups is 1. The Morgan fingerprint density at radius 2 is 2.04 bits per heavy atom. The van der Waals surface area contributed by atoms with Crippen molar-refractivity contribution >= 4 is 17.4 Å². The van der Waals surface area contributed by atoms with Gasteiger partial charge in [0, 0.05) is 6.42 Å². The lowest BCUT2D eigenvalue weighted by molar-refractivity contribution is -0.385. The first-order chi connectivity index (χ1) is 11.0. The highest BCUT2D eigenvalue weighted by Gasteiger charge is 2.13. The third kappa shape index (κ3) is 4.77. The molecule has 2 rings (SSSR count). The predicted molar refractivity (Wildman–Crippen MR) is 85.3 cm³/mol. The second kappa shape index (κ2) is 7.35. The van der Waals surface area contributed by atoms with Crippen LogP contribution in [0.25, 0.3) is 0 Å². The number of nitrogens with one attached hydrogen (secondary N) is 1. The Kier molecular flexibility index (Phi) is 5.24. The maximum atomic E-state index is 11.8. The Bertz CT molecular complexity index is 714. The molecule has 0 aliphatic rings. The van der Waals surface area contributed by atoms with E-state index in [4.69, 9.17) is 0 Å². The van der Waals surface area contributed by atoms with E-state index in [1.807, 2.05) is 31.2 Å². The fraction of sp³-hybridized carbons (Fsp3) is 0.250. The van der Waals surface area contributed by atoms with Crippen molar-refractivity contribution in [2.45, 2.75) is 26.2 Å². The maximum absolute atomic E-state index is 11.8. The number of nitro groups is 1. The highest BCUT2D eigenvalue weighted by molar-refractivity contribution is 5.91. The van der Waals surface area contributed by atoms with E-state index in [9.17, 15) is 20.0 Å². The third-order valence-electron chi connectivity index (χ3n) is 3.31. The van der Waals surface area contributed by atoms with Gasteiger partial charge in [0.25, 0.3) is 5.69 Å². The van der Waals surface area contributed by atoms with Gasteiger partial charge in [0.05, 0.1) is 11.0 Å². The average Bonchev–Trinajstić information content (AvgIpc) is 2.51. The van der Waals surface area contributed by atoms with E-state index >= 15 is 0 Å². The molecule has 23 heavy (non-hydrogen) atoms. The number of hydrogen-bond acceptors (Lipinski definition) is 5. The van der Waals surface area contributed by atoms with E-state index in [0.717, 1.165) is 24.2 Å². The molecule has 0 atom stereocenters. The summed E-state index contributed by atoms with van der Waals surface area (Å²) in [6.07, 6.45) is 2.68. The van der Waals surface area contributed by atoms with Gasteiger partial charge in [0.2, 0.25) is 5.91 Å². The number of pyridine rings is 1. The molecule has 0 spiro atoms. The van der Waals surface area contributed by atoms with Crippen LogP contribution in [-0.4, -0.2) is 20.9 Å². The second-order valence-electron chi connectivity index (χ2n) is 5.21. The van der Waals surface area contributed by atoms with Crippen molar-refractivity contribution in [3.63, 3.8) is 0 Å². The summed E-state index contributed by atoms with van der Waals surface area (Å²) in [4.78, 5) is 25.4. The van der Waals surface area contributed by atoms with Gasteiger partial charge in [-0.2, -0.15) is 0 Å². The summed E-state index contributed by atoms with van der Waals surface area (Å²) in [5.74, 6) is -0.796. The van der Waals surface area contributed by atoms with Gasteiger partial charge in [-0.15, -0.1) is 0 Å². The number of aryl methyl sites for hydroxylation is 2. The molecule has 0 radical (unpaired) electrons. The summed E-state index contributed by atoms with van der Waals surface area (Å²) in [5.41, 5.74) is 2.01. The van der Waals surface area contributed by atoms with Crippen LogP contribution in [0, 0.1) is 17.0 Å². The Labute approximate surface area is 133 Å². The molecule has 7 nitrogen and oxygen atoms in total. The van der Waals surface area contributed by atoms with E-state index in [2.05, 4.69) is 10.3 Å². The summed E-state index contributed by atoms with van der Waals surface area (Å²) in [5, 5.41) is 22.6. The van der Waals surface area contributed by atoms with Crippen LogP contribution >= 0.6 is 0 Å². The number of aromatic nitrogens is 1. The van der Waals surface area contributed by atoms with Crippen LogP contribution in [0.3, 0.4) is 0 Å². The lowest BCUT2D eigenvalue weighted by Crippen LogP contribution is -2.12. The zero-order valence-electron chi connectivity index (χ0n) is 12.7. The zero-order chi connectivity index (χ0) is 16.8. The van der Waals surface area contributed by atoms with Crippen LogP contribution in [0.5, 0.6) is 5.75 Å². The minimum atomic E-state index is -0.667. The van der Waals surface area contributed by atoms with Gasteiger partial charge in [0.1, 0.15) is 6.20 Å². The van der Waals surface area contributed by atoms with Crippen LogP contribution in [-0.2, 0) is 11.2 Å². The van der Waals surface area contributed by atoms with E-state index in [-0.39, 0.29) is 23.8 Å². The molecule has 2 aromatic rings. The molecule has 0 saturated heterocycles. The van der Waals surface area contributed by atoms with Crippen molar-refractivity contribution in [2.24, 2.45) is 0 Å². The summed E-state index contributed by atoms with van der Waals surface area (Å²) in [6, 6.07) is 9.05. The van der Waals surface area contributed by atoms with E-state index in [1.54, 1.807) is 0 Å². The van der Waals surface area contributed by atoms with E-state index in [1.165, 1.54) is 5.56 Å². The molecule has 2 N–H and O–H groups in total. The standard InChI is InChI=1S/C16H17N3O4/c1-11-5-7-12(8-6-11)3-2-4-15(21)18-16-14(20)9-13(10-17-16)19(22)23/h5-10,20H,2-4H2,1H3,(H,17,18,21).